The average Bonchev–Trinajstić information content (AvgIpc) is 2.90. The Morgan fingerprint density at radius 1 is 1.35 bits per heavy atom. The van der Waals surface area contributed by atoms with E-state index in [1.165, 1.54) is 23.5 Å². The van der Waals surface area contributed by atoms with Gasteiger partial charge in [0, 0.05) is 34.7 Å². The molecule has 0 atom stereocenters. The summed E-state index contributed by atoms with van der Waals surface area (Å²) >= 11 is 13.4. The van der Waals surface area contributed by atoms with Crippen molar-refractivity contribution in [1.29, 1.82) is 0 Å². The first-order chi connectivity index (χ1) is 9.45. The molecule has 3 N–H and O–H groups in total. The number of hydrogen-bond acceptors (Lipinski definition) is 5. The molecule has 0 saturated heterocycles. The largest absolute Gasteiger partial charge is 0.326 e. The lowest BCUT2D eigenvalue weighted by molar-refractivity contribution is 0.581. The van der Waals surface area contributed by atoms with Crippen LogP contribution in [-0.2, 0) is 23.1 Å². The van der Waals surface area contributed by atoms with E-state index in [0.717, 1.165) is 4.88 Å². The molecule has 1 heterocycles. The molecule has 108 valence electrons. The summed E-state index contributed by atoms with van der Waals surface area (Å²) in [5.41, 5.74) is 7.57. The third-order valence-corrected chi connectivity index (χ3v) is 5.69. The lowest BCUT2D eigenvalue weighted by Crippen LogP contribution is -2.23. The number of thiazole rings is 1. The van der Waals surface area contributed by atoms with Crippen molar-refractivity contribution >= 4 is 44.6 Å². The van der Waals surface area contributed by atoms with Crippen LogP contribution in [0.1, 0.15) is 10.4 Å². The number of benzene rings is 1. The summed E-state index contributed by atoms with van der Waals surface area (Å²) in [6, 6.07) is 2.83. The minimum atomic E-state index is -3.73. The van der Waals surface area contributed by atoms with Crippen LogP contribution in [0.2, 0.25) is 10.0 Å². The zero-order valence-corrected chi connectivity index (χ0v) is 13.3. The minimum absolute atomic E-state index is 0.0338. The lowest BCUT2D eigenvalue weighted by Gasteiger charge is -2.11. The predicted octanol–water partition coefficient (Wildman–Crippen LogP) is 2.39. The number of nitrogens with one attached hydrogen (secondary N) is 1. The van der Waals surface area contributed by atoms with Gasteiger partial charge in [-0.2, -0.15) is 0 Å². The fraction of sp³-hybridized carbons (Fsp3) is 0.182. The van der Waals surface area contributed by atoms with E-state index >= 15 is 0 Å². The zero-order chi connectivity index (χ0) is 14.8. The quantitative estimate of drug-likeness (QED) is 0.865. The molecule has 2 rings (SSSR count). The SMILES string of the molecule is NCc1c(Cl)ccc(S(=O)(=O)NCc2cncs2)c1Cl. The first-order valence-corrected chi connectivity index (χ1v) is 8.61. The summed E-state index contributed by atoms with van der Waals surface area (Å²) in [5, 5.41) is 0.399. The number of nitrogens with two attached hydrogens (primary N) is 1. The highest BCUT2D eigenvalue weighted by Gasteiger charge is 2.21. The smallest absolute Gasteiger partial charge is 0.242 e. The maximum atomic E-state index is 12.2. The van der Waals surface area contributed by atoms with Crippen molar-refractivity contribution in [2.75, 3.05) is 0 Å². The highest BCUT2D eigenvalue weighted by Crippen LogP contribution is 2.30. The number of nitrogens with zero attached hydrogens (tertiary/aromatic N) is 1. The molecule has 0 aliphatic rings. The normalized spacial score (nSPS) is 11.8. The van der Waals surface area contributed by atoms with E-state index in [1.54, 1.807) is 11.7 Å². The van der Waals surface area contributed by atoms with E-state index in [1.807, 2.05) is 0 Å². The maximum absolute atomic E-state index is 12.2. The molecule has 1 aromatic heterocycles. The van der Waals surface area contributed by atoms with Crippen molar-refractivity contribution in [1.82, 2.24) is 9.71 Å². The Labute approximate surface area is 130 Å². The first-order valence-electron chi connectivity index (χ1n) is 5.49. The van der Waals surface area contributed by atoms with Crippen LogP contribution >= 0.6 is 34.5 Å². The Balaban J connectivity index is 2.30. The second-order valence-electron chi connectivity index (χ2n) is 3.83. The average molecular weight is 352 g/mol. The molecule has 0 radical (unpaired) electrons. The fourth-order valence-corrected chi connectivity index (χ4v) is 4.11. The molecule has 0 aliphatic carbocycles. The van der Waals surface area contributed by atoms with Gasteiger partial charge in [0.2, 0.25) is 10.0 Å². The van der Waals surface area contributed by atoms with Crippen molar-refractivity contribution in [3.05, 3.63) is 44.3 Å². The van der Waals surface area contributed by atoms with E-state index in [-0.39, 0.29) is 23.0 Å². The van der Waals surface area contributed by atoms with Gasteiger partial charge in [0.25, 0.3) is 0 Å². The molecule has 5 nitrogen and oxygen atoms in total. The van der Waals surface area contributed by atoms with E-state index in [4.69, 9.17) is 28.9 Å². The van der Waals surface area contributed by atoms with Gasteiger partial charge in [0.05, 0.1) is 10.5 Å². The topological polar surface area (TPSA) is 85.1 Å². The van der Waals surface area contributed by atoms with E-state index in [0.29, 0.717) is 10.6 Å². The second-order valence-corrected chi connectivity index (χ2v) is 7.33. The summed E-state index contributed by atoms with van der Waals surface area (Å²) in [7, 11) is -3.73. The van der Waals surface area contributed by atoms with Crippen LogP contribution in [0.25, 0.3) is 0 Å². The minimum Gasteiger partial charge on any atom is -0.326 e. The second kappa shape index (κ2) is 6.38. The van der Waals surface area contributed by atoms with Gasteiger partial charge in [-0.15, -0.1) is 11.3 Å². The van der Waals surface area contributed by atoms with Crippen molar-refractivity contribution in [3.63, 3.8) is 0 Å². The fourth-order valence-electron chi connectivity index (χ4n) is 1.54. The van der Waals surface area contributed by atoms with Gasteiger partial charge >= 0.3 is 0 Å². The molecule has 0 fully saturated rings. The van der Waals surface area contributed by atoms with Crippen LogP contribution < -0.4 is 10.5 Å². The van der Waals surface area contributed by atoms with Gasteiger partial charge in [0.15, 0.2) is 0 Å². The van der Waals surface area contributed by atoms with Crippen LogP contribution in [-0.4, -0.2) is 13.4 Å². The van der Waals surface area contributed by atoms with Crippen LogP contribution in [0.15, 0.2) is 28.7 Å². The van der Waals surface area contributed by atoms with Gasteiger partial charge in [-0.25, -0.2) is 13.1 Å². The number of sulfonamides is 1. The van der Waals surface area contributed by atoms with Crippen LogP contribution in [0, 0.1) is 0 Å². The molecule has 0 bridgehead atoms. The summed E-state index contributed by atoms with van der Waals surface area (Å²) < 4.78 is 26.9. The van der Waals surface area contributed by atoms with Crippen LogP contribution in [0.3, 0.4) is 0 Å². The monoisotopic (exact) mass is 351 g/mol. The van der Waals surface area contributed by atoms with Crippen LogP contribution in [0.4, 0.5) is 0 Å². The standard InChI is InChI=1S/C11H11Cl2N3O2S2/c12-9-1-2-10(11(13)8(9)3-14)20(17,18)16-5-7-4-15-6-19-7/h1-2,4,6,16H,3,5,14H2. The molecule has 0 amide bonds. The van der Waals surface area contributed by atoms with Crippen molar-refractivity contribution < 1.29 is 8.42 Å². The summed E-state index contributed by atoms with van der Waals surface area (Å²) in [5.74, 6) is 0. The molecule has 0 spiro atoms. The van der Waals surface area contributed by atoms with Gasteiger partial charge in [-0.1, -0.05) is 23.2 Å². The Bertz CT molecular complexity index is 703. The van der Waals surface area contributed by atoms with E-state index in [2.05, 4.69) is 9.71 Å². The third kappa shape index (κ3) is 3.30. The molecule has 1 aromatic carbocycles. The molecule has 20 heavy (non-hydrogen) atoms. The Morgan fingerprint density at radius 3 is 2.70 bits per heavy atom. The predicted molar refractivity (Wildman–Crippen MR) is 80.5 cm³/mol. The van der Waals surface area contributed by atoms with Crippen molar-refractivity contribution in [2.24, 2.45) is 5.73 Å². The molecular formula is C11H11Cl2N3O2S2. The highest BCUT2D eigenvalue weighted by atomic mass is 35.5. The highest BCUT2D eigenvalue weighted by molar-refractivity contribution is 7.89. The van der Waals surface area contributed by atoms with Gasteiger partial charge in [-0.3, -0.25) is 4.98 Å². The number of aromatic nitrogens is 1. The lowest BCUT2D eigenvalue weighted by atomic mass is 10.2. The van der Waals surface area contributed by atoms with Gasteiger partial charge < -0.3 is 5.73 Å². The Kier molecular flexibility index (Phi) is 5.00. The van der Waals surface area contributed by atoms with Gasteiger partial charge in [-0.05, 0) is 12.1 Å². The van der Waals surface area contributed by atoms with Crippen molar-refractivity contribution in [3.8, 4) is 0 Å². The third-order valence-electron chi connectivity index (χ3n) is 2.56. The van der Waals surface area contributed by atoms with E-state index < -0.39 is 10.0 Å². The molecule has 0 unspecified atom stereocenters. The summed E-state index contributed by atoms with van der Waals surface area (Å²) in [4.78, 5) is 4.65. The van der Waals surface area contributed by atoms with Crippen LogP contribution in [0.5, 0.6) is 0 Å². The molecule has 2 aromatic rings. The molecular weight excluding hydrogens is 341 g/mol. The van der Waals surface area contributed by atoms with Gasteiger partial charge in [0.1, 0.15) is 4.90 Å². The van der Waals surface area contributed by atoms with Crippen molar-refractivity contribution in [2.45, 2.75) is 18.0 Å². The molecule has 0 saturated carbocycles. The Hall–Kier alpha value is -0.700. The Morgan fingerprint density at radius 2 is 2.10 bits per heavy atom. The molecule has 9 heteroatoms. The number of rotatable bonds is 5. The molecule has 0 aliphatic heterocycles. The summed E-state index contributed by atoms with van der Waals surface area (Å²) in [6.45, 7) is 0.222. The summed E-state index contributed by atoms with van der Waals surface area (Å²) in [6.07, 6.45) is 1.60. The number of halogens is 2. The first kappa shape index (κ1) is 15.7. The number of hydrogen-bond donors (Lipinski definition) is 2. The zero-order valence-electron chi connectivity index (χ0n) is 10.1. The maximum Gasteiger partial charge on any atom is 0.242 e. The van der Waals surface area contributed by atoms with E-state index in [9.17, 15) is 8.42 Å².